The van der Waals surface area contributed by atoms with E-state index in [0.29, 0.717) is 22.5 Å². The van der Waals surface area contributed by atoms with Crippen molar-refractivity contribution in [3.63, 3.8) is 0 Å². The minimum Gasteiger partial charge on any atom is -0.371 e. The number of nitrogens with zero attached hydrogens (tertiary/aromatic N) is 4. The molecular formula is C25H22F2N4O2. The van der Waals surface area contributed by atoms with Crippen molar-refractivity contribution in [1.82, 2.24) is 9.55 Å². The van der Waals surface area contributed by atoms with Gasteiger partial charge in [-0.05, 0) is 55.3 Å². The Hall–Kier alpha value is -3.96. The highest BCUT2D eigenvalue weighted by molar-refractivity contribution is 5.77. The van der Waals surface area contributed by atoms with Crippen LogP contribution in [-0.4, -0.2) is 22.4 Å². The summed E-state index contributed by atoms with van der Waals surface area (Å²) in [4.78, 5) is 22.1. The van der Waals surface area contributed by atoms with E-state index in [1.807, 2.05) is 6.07 Å². The van der Waals surface area contributed by atoms with Gasteiger partial charge in [0.1, 0.15) is 5.83 Å². The highest BCUT2D eigenvalue weighted by atomic mass is 19.1. The first-order valence-corrected chi connectivity index (χ1v) is 10.2. The van der Waals surface area contributed by atoms with Crippen molar-refractivity contribution >= 4 is 11.8 Å². The lowest BCUT2D eigenvalue weighted by atomic mass is 9.98. The summed E-state index contributed by atoms with van der Waals surface area (Å²) in [6.45, 7) is 3.09. The molecule has 3 rings (SSSR count). The van der Waals surface area contributed by atoms with Gasteiger partial charge in [0.25, 0.3) is 5.56 Å². The number of pyridine rings is 2. The Kier molecular flexibility index (Phi) is 7.95. The van der Waals surface area contributed by atoms with Crippen molar-refractivity contribution in [2.24, 2.45) is 4.99 Å². The Morgan fingerprint density at radius 1 is 1.42 bits per heavy atom. The zero-order valence-corrected chi connectivity index (χ0v) is 18.2. The average molecular weight is 448 g/mol. The van der Waals surface area contributed by atoms with E-state index in [4.69, 9.17) is 4.74 Å². The van der Waals surface area contributed by atoms with Crippen LogP contribution in [0, 0.1) is 11.3 Å². The van der Waals surface area contributed by atoms with Gasteiger partial charge in [-0.3, -0.25) is 19.3 Å². The molecule has 0 amide bonds. The number of nitriles is 1. The number of hydrogen-bond donors (Lipinski definition) is 0. The molecule has 1 aliphatic heterocycles. The first-order valence-electron chi connectivity index (χ1n) is 10.2. The molecule has 0 fully saturated rings. The standard InChI is InChI=1S/C25H22F2N4O2/c1-17(26)5-3-6-19(8-10-28)23-13-22-18(2)30-14-20(27)9-12-33-16-24(22)31(25(23)32)21-7-4-11-29-15-21/h3-9,11,13-15,18H,12,16H2,1-2H3/b6-3-,17-5+,19-8-,20-9+,30-14?. The van der Waals surface area contributed by atoms with Gasteiger partial charge in [0, 0.05) is 17.8 Å². The highest BCUT2D eigenvalue weighted by Crippen LogP contribution is 2.27. The van der Waals surface area contributed by atoms with Gasteiger partial charge in [0.05, 0.1) is 54.9 Å². The zero-order valence-electron chi connectivity index (χ0n) is 18.2. The summed E-state index contributed by atoms with van der Waals surface area (Å²) < 4.78 is 34.1. The number of allylic oxidation sites excluding steroid dienone is 7. The van der Waals surface area contributed by atoms with E-state index in [0.717, 1.165) is 6.21 Å². The molecule has 0 aromatic carbocycles. The van der Waals surface area contributed by atoms with E-state index in [2.05, 4.69) is 9.98 Å². The quantitative estimate of drug-likeness (QED) is 0.482. The summed E-state index contributed by atoms with van der Waals surface area (Å²) in [5.74, 6) is -0.941. The van der Waals surface area contributed by atoms with Crippen LogP contribution in [0.2, 0.25) is 0 Å². The maximum atomic E-state index is 13.9. The van der Waals surface area contributed by atoms with E-state index in [1.54, 1.807) is 31.3 Å². The van der Waals surface area contributed by atoms with E-state index < -0.39 is 23.3 Å². The van der Waals surface area contributed by atoms with Crippen molar-refractivity contribution in [2.75, 3.05) is 6.61 Å². The van der Waals surface area contributed by atoms with E-state index in [1.165, 1.54) is 48.1 Å². The maximum absolute atomic E-state index is 13.9. The van der Waals surface area contributed by atoms with Crippen LogP contribution in [0.15, 0.2) is 82.4 Å². The second-order valence-corrected chi connectivity index (χ2v) is 7.21. The van der Waals surface area contributed by atoms with Crippen molar-refractivity contribution in [2.45, 2.75) is 26.5 Å². The molecule has 0 bridgehead atoms. The molecule has 2 aromatic rings. The zero-order chi connectivity index (χ0) is 23.8. The molecular weight excluding hydrogens is 426 g/mol. The second kappa shape index (κ2) is 11.1. The molecule has 1 aliphatic rings. The molecule has 33 heavy (non-hydrogen) atoms. The molecule has 0 spiro atoms. The third kappa shape index (κ3) is 5.84. The number of halogens is 2. The molecule has 0 saturated heterocycles. The number of aromatic nitrogens is 2. The molecule has 168 valence electrons. The van der Waals surface area contributed by atoms with E-state index in [9.17, 15) is 18.8 Å². The number of fused-ring (bicyclic) bond motifs is 1. The summed E-state index contributed by atoms with van der Waals surface area (Å²) in [7, 11) is 0. The molecule has 0 N–H and O–H groups in total. The summed E-state index contributed by atoms with van der Waals surface area (Å²) in [6, 6.07) is 6.45. The molecule has 8 heteroatoms. The Bertz CT molecular complexity index is 1260. The first kappa shape index (κ1) is 23.7. The van der Waals surface area contributed by atoms with Gasteiger partial charge in [-0.2, -0.15) is 5.26 Å². The maximum Gasteiger partial charge on any atom is 0.263 e. The van der Waals surface area contributed by atoms with E-state index >= 15 is 0 Å². The van der Waals surface area contributed by atoms with Gasteiger partial charge >= 0.3 is 0 Å². The molecule has 2 aromatic heterocycles. The van der Waals surface area contributed by atoms with Gasteiger partial charge in [0.15, 0.2) is 0 Å². The first-order chi connectivity index (χ1) is 15.9. The molecule has 0 aliphatic carbocycles. The van der Waals surface area contributed by atoms with Gasteiger partial charge < -0.3 is 4.74 Å². The van der Waals surface area contributed by atoms with Crippen LogP contribution in [0.4, 0.5) is 8.78 Å². The van der Waals surface area contributed by atoms with Crippen LogP contribution in [0.5, 0.6) is 0 Å². The normalized spacial score (nSPS) is 19.0. The Labute approximate surface area is 190 Å². The lowest BCUT2D eigenvalue weighted by molar-refractivity contribution is 0.142. The topological polar surface area (TPSA) is 80.3 Å². The Balaban J connectivity index is 2.33. The molecule has 0 radical (unpaired) electrons. The summed E-state index contributed by atoms with van der Waals surface area (Å²) >= 11 is 0. The summed E-state index contributed by atoms with van der Waals surface area (Å²) in [5, 5.41) is 9.29. The molecule has 0 saturated carbocycles. The SMILES string of the molecule is C\C(F)=C/C=C\C(=C\C#N)c1cc2c(n(-c3cccnc3)c1=O)COC/C=C(/F)C=NC2C. The Morgan fingerprint density at radius 3 is 2.94 bits per heavy atom. The number of hydrogen-bond acceptors (Lipinski definition) is 5. The monoisotopic (exact) mass is 448 g/mol. The minimum atomic E-state index is -0.525. The fourth-order valence-electron chi connectivity index (χ4n) is 3.33. The van der Waals surface area contributed by atoms with Crippen LogP contribution in [0.1, 0.15) is 36.7 Å². The minimum absolute atomic E-state index is 0.00585. The van der Waals surface area contributed by atoms with Crippen molar-refractivity contribution in [1.29, 1.82) is 5.26 Å². The smallest absolute Gasteiger partial charge is 0.263 e. The van der Waals surface area contributed by atoms with Crippen molar-refractivity contribution in [3.05, 3.63) is 99.8 Å². The predicted molar refractivity (Wildman–Crippen MR) is 123 cm³/mol. The largest absolute Gasteiger partial charge is 0.371 e. The van der Waals surface area contributed by atoms with Crippen LogP contribution in [-0.2, 0) is 11.3 Å². The fourth-order valence-corrected chi connectivity index (χ4v) is 3.33. The van der Waals surface area contributed by atoms with Gasteiger partial charge in [-0.1, -0.05) is 12.2 Å². The third-order valence-corrected chi connectivity index (χ3v) is 4.88. The molecule has 6 nitrogen and oxygen atoms in total. The van der Waals surface area contributed by atoms with Crippen LogP contribution < -0.4 is 5.56 Å². The van der Waals surface area contributed by atoms with Crippen LogP contribution in [0.3, 0.4) is 0 Å². The van der Waals surface area contributed by atoms with Crippen molar-refractivity contribution < 1.29 is 13.5 Å². The lowest BCUT2D eigenvalue weighted by Gasteiger charge is -2.21. The Morgan fingerprint density at radius 2 is 2.24 bits per heavy atom. The second-order valence-electron chi connectivity index (χ2n) is 7.21. The summed E-state index contributed by atoms with van der Waals surface area (Å²) in [5.41, 5.74) is 1.74. The van der Waals surface area contributed by atoms with Gasteiger partial charge in [-0.15, -0.1) is 0 Å². The number of aliphatic imine (C=N–C) groups is 1. The summed E-state index contributed by atoms with van der Waals surface area (Å²) in [6.07, 6.45) is 10.8. The van der Waals surface area contributed by atoms with Gasteiger partial charge in [-0.25, -0.2) is 8.78 Å². The molecule has 3 heterocycles. The van der Waals surface area contributed by atoms with Gasteiger partial charge in [0.2, 0.25) is 0 Å². The molecule has 1 unspecified atom stereocenters. The average Bonchev–Trinajstić information content (AvgIpc) is 2.80. The number of rotatable bonds is 4. The van der Waals surface area contributed by atoms with Crippen molar-refractivity contribution in [3.8, 4) is 11.8 Å². The van der Waals surface area contributed by atoms with E-state index in [-0.39, 0.29) is 18.8 Å². The predicted octanol–water partition coefficient (Wildman–Crippen LogP) is 5.08. The van der Waals surface area contributed by atoms with Crippen LogP contribution in [0.25, 0.3) is 11.3 Å². The fraction of sp³-hybridized carbons (Fsp3) is 0.200. The highest BCUT2D eigenvalue weighted by Gasteiger charge is 2.21. The third-order valence-electron chi connectivity index (χ3n) is 4.88. The molecule has 1 atom stereocenters. The number of ether oxygens (including phenoxy) is 1. The van der Waals surface area contributed by atoms with Crippen LogP contribution >= 0.6 is 0 Å². The lowest BCUT2D eigenvalue weighted by Crippen LogP contribution is -2.28.